The van der Waals surface area contributed by atoms with Gasteiger partial charge in [0, 0.05) is 12.2 Å². The van der Waals surface area contributed by atoms with Crippen molar-refractivity contribution in [3.63, 3.8) is 0 Å². The topological polar surface area (TPSA) is 56.2 Å². The average molecular weight is 287 g/mol. The monoisotopic (exact) mass is 287 g/mol. The standard InChI is InChI=1S/C16H21N3O2/c1-12-11-13(2)19(18-12)10-9-17-16(20)14(3)21-15-7-5-4-6-8-15/h4-8,11,14H,9-10H2,1-3H3,(H,17,20)/t14-/m1/s1. The molecular formula is C16H21N3O2. The Morgan fingerprint density at radius 3 is 2.67 bits per heavy atom. The molecule has 1 atom stereocenters. The summed E-state index contributed by atoms with van der Waals surface area (Å²) in [6.45, 7) is 6.89. The second kappa shape index (κ2) is 6.92. The lowest BCUT2D eigenvalue weighted by Crippen LogP contribution is -2.38. The quantitative estimate of drug-likeness (QED) is 0.885. The van der Waals surface area contributed by atoms with Crippen LogP contribution in [0.2, 0.25) is 0 Å². The van der Waals surface area contributed by atoms with Gasteiger partial charge in [-0.3, -0.25) is 9.48 Å². The van der Waals surface area contributed by atoms with Crippen LogP contribution in [-0.2, 0) is 11.3 Å². The maximum absolute atomic E-state index is 12.0. The molecule has 112 valence electrons. The summed E-state index contributed by atoms with van der Waals surface area (Å²) < 4.78 is 7.46. The third-order valence-electron chi connectivity index (χ3n) is 3.15. The van der Waals surface area contributed by atoms with E-state index in [4.69, 9.17) is 4.74 Å². The van der Waals surface area contributed by atoms with E-state index in [1.807, 2.05) is 54.9 Å². The Hall–Kier alpha value is -2.30. The minimum atomic E-state index is -0.521. The zero-order valence-corrected chi connectivity index (χ0v) is 12.7. The summed E-state index contributed by atoms with van der Waals surface area (Å²) in [5, 5.41) is 7.22. The van der Waals surface area contributed by atoms with Crippen molar-refractivity contribution in [2.45, 2.75) is 33.4 Å². The molecule has 0 unspecified atom stereocenters. The number of aryl methyl sites for hydroxylation is 2. The molecule has 1 heterocycles. The highest BCUT2D eigenvalue weighted by Gasteiger charge is 2.14. The molecule has 21 heavy (non-hydrogen) atoms. The maximum atomic E-state index is 12.0. The third-order valence-corrected chi connectivity index (χ3v) is 3.15. The summed E-state index contributed by atoms with van der Waals surface area (Å²) in [7, 11) is 0. The highest BCUT2D eigenvalue weighted by molar-refractivity contribution is 5.80. The molecule has 2 aromatic rings. The smallest absolute Gasteiger partial charge is 0.260 e. The molecule has 1 aromatic heterocycles. The van der Waals surface area contributed by atoms with Gasteiger partial charge < -0.3 is 10.1 Å². The number of nitrogens with zero attached hydrogens (tertiary/aromatic N) is 2. The van der Waals surface area contributed by atoms with E-state index in [0.717, 1.165) is 11.4 Å². The lowest BCUT2D eigenvalue weighted by Gasteiger charge is -2.14. The summed E-state index contributed by atoms with van der Waals surface area (Å²) in [6.07, 6.45) is -0.521. The van der Waals surface area contributed by atoms with Crippen LogP contribution in [0.15, 0.2) is 36.4 Å². The first-order valence-corrected chi connectivity index (χ1v) is 7.07. The van der Waals surface area contributed by atoms with Gasteiger partial charge in [-0.2, -0.15) is 5.10 Å². The van der Waals surface area contributed by atoms with E-state index in [2.05, 4.69) is 10.4 Å². The molecular weight excluding hydrogens is 266 g/mol. The van der Waals surface area contributed by atoms with Gasteiger partial charge in [0.2, 0.25) is 0 Å². The van der Waals surface area contributed by atoms with Gasteiger partial charge in [0.25, 0.3) is 5.91 Å². The summed E-state index contributed by atoms with van der Waals surface area (Å²) in [5.41, 5.74) is 2.08. The van der Waals surface area contributed by atoms with Crippen LogP contribution < -0.4 is 10.1 Å². The molecule has 0 aliphatic heterocycles. The van der Waals surface area contributed by atoms with Crippen molar-refractivity contribution in [2.24, 2.45) is 0 Å². The molecule has 0 saturated carbocycles. The van der Waals surface area contributed by atoms with E-state index >= 15 is 0 Å². The zero-order valence-electron chi connectivity index (χ0n) is 12.7. The van der Waals surface area contributed by atoms with Crippen LogP contribution in [0, 0.1) is 13.8 Å². The molecule has 0 bridgehead atoms. The van der Waals surface area contributed by atoms with Gasteiger partial charge in [-0.05, 0) is 39.0 Å². The zero-order chi connectivity index (χ0) is 15.2. The van der Waals surface area contributed by atoms with Crippen molar-refractivity contribution in [3.05, 3.63) is 47.8 Å². The summed E-state index contributed by atoms with van der Waals surface area (Å²) in [6, 6.07) is 11.3. The number of hydrogen-bond acceptors (Lipinski definition) is 3. The fraction of sp³-hybridized carbons (Fsp3) is 0.375. The molecule has 0 aliphatic rings. The lowest BCUT2D eigenvalue weighted by molar-refractivity contribution is -0.127. The highest BCUT2D eigenvalue weighted by atomic mass is 16.5. The van der Waals surface area contributed by atoms with Gasteiger partial charge in [0.05, 0.1) is 12.2 Å². The van der Waals surface area contributed by atoms with Crippen LogP contribution in [-0.4, -0.2) is 28.3 Å². The molecule has 1 N–H and O–H groups in total. The van der Waals surface area contributed by atoms with Crippen molar-refractivity contribution in [3.8, 4) is 5.75 Å². The SMILES string of the molecule is Cc1cc(C)n(CCNC(=O)[C@@H](C)Oc2ccccc2)n1. The summed E-state index contributed by atoms with van der Waals surface area (Å²) in [5.74, 6) is 0.569. The van der Waals surface area contributed by atoms with E-state index in [-0.39, 0.29) is 5.91 Å². The molecule has 0 radical (unpaired) electrons. The molecule has 5 heteroatoms. The number of amides is 1. The second-order valence-electron chi connectivity index (χ2n) is 5.01. The normalized spacial score (nSPS) is 12.0. The fourth-order valence-corrected chi connectivity index (χ4v) is 2.09. The Labute approximate surface area is 124 Å². The number of ether oxygens (including phenoxy) is 1. The number of hydrogen-bond donors (Lipinski definition) is 1. The summed E-state index contributed by atoms with van der Waals surface area (Å²) in [4.78, 5) is 12.0. The van der Waals surface area contributed by atoms with E-state index in [1.165, 1.54) is 0 Å². The van der Waals surface area contributed by atoms with Crippen molar-refractivity contribution < 1.29 is 9.53 Å². The minimum Gasteiger partial charge on any atom is -0.481 e. The Bertz CT molecular complexity index is 593. The van der Waals surface area contributed by atoms with Gasteiger partial charge in [-0.1, -0.05) is 18.2 Å². The molecule has 1 amide bonds. The van der Waals surface area contributed by atoms with E-state index in [1.54, 1.807) is 6.92 Å². The highest BCUT2D eigenvalue weighted by Crippen LogP contribution is 2.10. The van der Waals surface area contributed by atoms with Crippen LogP contribution in [0.4, 0.5) is 0 Å². The first kappa shape index (κ1) is 15.1. The van der Waals surface area contributed by atoms with Crippen molar-refractivity contribution in [1.82, 2.24) is 15.1 Å². The van der Waals surface area contributed by atoms with Crippen LogP contribution in [0.1, 0.15) is 18.3 Å². The molecule has 1 aromatic carbocycles. The van der Waals surface area contributed by atoms with Crippen molar-refractivity contribution in [1.29, 1.82) is 0 Å². The number of rotatable bonds is 6. The van der Waals surface area contributed by atoms with Crippen LogP contribution in [0.5, 0.6) is 5.75 Å². The molecule has 0 saturated heterocycles. The Balaban J connectivity index is 1.77. The van der Waals surface area contributed by atoms with E-state index in [0.29, 0.717) is 18.8 Å². The largest absolute Gasteiger partial charge is 0.481 e. The van der Waals surface area contributed by atoms with Gasteiger partial charge in [-0.25, -0.2) is 0 Å². The van der Waals surface area contributed by atoms with Gasteiger partial charge >= 0.3 is 0 Å². The Kier molecular flexibility index (Phi) is 4.98. The lowest BCUT2D eigenvalue weighted by atomic mass is 10.3. The number of carbonyl (C=O) groups excluding carboxylic acids is 1. The van der Waals surface area contributed by atoms with Gasteiger partial charge in [0.1, 0.15) is 5.75 Å². The number of para-hydroxylation sites is 1. The Morgan fingerprint density at radius 1 is 1.33 bits per heavy atom. The number of carbonyl (C=O) groups is 1. The minimum absolute atomic E-state index is 0.125. The molecule has 5 nitrogen and oxygen atoms in total. The van der Waals surface area contributed by atoms with Crippen molar-refractivity contribution >= 4 is 5.91 Å². The predicted octanol–water partition coefficient (Wildman–Crippen LogP) is 2.08. The fourth-order valence-electron chi connectivity index (χ4n) is 2.09. The summed E-state index contributed by atoms with van der Waals surface area (Å²) >= 11 is 0. The van der Waals surface area contributed by atoms with Crippen molar-refractivity contribution in [2.75, 3.05) is 6.54 Å². The maximum Gasteiger partial charge on any atom is 0.260 e. The third kappa shape index (κ3) is 4.34. The number of benzene rings is 1. The van der Waals surface area contributed by atoms with Gasteiger partial charge in [-0.15, -0.1) is 0 Å². The molecule has 0 fully saturated rings. The van der Waals surface area contributed by atoms with E-state index in [9.17, 15) is 4.79 Å². The average Bonchev–Trinajstić information content (AvgIpc) is 2.78. The molecule has 2 rings (SSSR count). The number of aromatic nitrogens is 2. The molecule has 0 spiro atoms. The van der Waals surface area contributed by atoms with E-state index < -0.39 is 6.10 Å². The predicted molar refractivity (Wildman–Crippen MR) is 81.2 cm³/mol. The van der Waals surface area contributed by atoms with Crippen LogP contribution >= 0.6 is 0 Å². The second-order valence-corrected chi connectivity index (χ2v) is 5.01. The van der Waals surface area contributed by atoms with Crippen LogP contribution in [0.3, 0.4) is 0 Å². The van der Waals surface area contributed by atoms with Gasteiger partial charge in [0.15, 0.2) is 6.10 Å². The first-order chi connectivity index (χ1) is 10.1. The number of nitrogens with one attached hydrogen (secondary N) is 1. The Morgan fingerprint density at radius 2 is 2.05 bits per heavy atom. The van der Waals surface area contributed by atoms with Crippen LogP contribution in [0.25, 0.3) is 0 Å². The first-order valence-electron chi connectivity index (χ1n) is 7.07. The molecule has 0 aliphatic carbocycles.